The van der Waals surface area contributed by atoms with Crippen LogP contribution in [-0.2, 0) is 10.0 Å². The van der Waals surface area contributed by atoms with Gasteiger partial charge in [0.2, 0.25) is 10.0 Å². The van der Waals surface area contributed by atoms with Crippen molar-refractivity contribution >= 4 is 15.8 Å². The fraction of sp³-hybridized carbons (Fsp3) is 0.636. The van der Waals surface area contributed by atoms with Crippen LogP contribution in [0.15, 0.2) is 12.4 Å². The van der Waals surface area contributed by atoms with E-state index in [-0.39, 0.29) is 6.04 Å². The Morgan fingerprint density at radius 1 is 1.42 bits per heavy atom. The summed E-state index contributed by atoms with van der Waals surface area (Å²) in [6.07, 6.45) is 5.16. The number of aromatic nitrogens is 2. The number of nitrogens with zero attached hydrogens (tertiary/aromatic N) is 4. The molecule has 7 nitrogen and oxygen atoms in total. The number of sulfonamides is 1. The van der Waals surface area contributed by atoms with Gasteiger partial charge in [-0.25, -0.2) is 22.7 Å². The lowest BCUT2D eigenvalue weighted by molar-refractivity contribution is 0.389. The second-order valence-corrected chi connectivity index (χ2v) is 6.60. The number of methoxy groups -OCH3 is 1. The molecule has 0 aromatic carbocycles. The zero-order valence-electron chi connectivity index (χ0n) is 11.3. The minimum Gasteiger partial charge on any atom is -0.478 e. The molecule has 0 amide bonds. The van der Waals surface area contributed by atoms with Crippen molar-refractivity contribution in [2.75, 3.05) is 38.4 Å². The number of likely N-dealkylation sites (N-methyl/N-ethyl adjacent to an activating group) is 1. The molecule has 1 saturated heterocycles. The largest absolute Gasteiger partial charge is 0.478 e. The van der Waals surface area contributed by atoms with Gasteiger partial charge in [0.25, 0.3) is 5.88 Å². The Morgan fingerprint density at radius 3 is 2.74 bits per heavy atom. The zero-order valence-corrected chi connectivity index (χ0v) is 12.1. The van der Waals surface area contributed by atoms with Crippen LogP contribution < -0.4 is 9.64 Å². The maximum Gasteiger partial charge on any atom is 0.257 e. The van der Waals surface area contributed by atoms with Gasteiger partial charge in [-0.05, 0) is 6.42 Å². The van der Waals surface area contributed by atoms with Crippen LogP contribution in [0.5, 0.6) is 5.88 Å². The molecular weight excluding hydrogens is 268 g/mol. The first-order valence-corrected chi connectivity index (χ1v) is 7.81. The second-order valence-electron chi connectivity index (χ2n) is 4.56. The quantitative estimate of drug-likeness (QED) is 0.773. The summed E-state index contributed by atoms with van der Waals surface area (Å²) in [5.74, 6) is 1.12. The summed E-state index contributed by atoms with van der Waals surface area (Å²) < 4.78 is 29.7. The molecule has 2 heterocycles. The third kappa shape index (κ3) is 2.95. The molecule has 1 atom stereocenters. The minimum absolute atomic E-state index is 0.0401. The van der Waals surface area contributed by atoms with E-state index >= 15 is 0 Å². The van der Waals surface area contributed by atoms with E-state index in [1.54, 1.807) is 26.6 Å². The van der Waals surface area contributed by atoms with Gasteiger partial charge in [0.05, 0.1) is 13.4 Å². The topological polar surface area (TPSA) is 75.6 Å². The molecular formula is C11H18N4O3S. The number of ether oxygens (including phenoxy) is 1. The average molecular weight is 286 g/mol. The average Bonchev–Trinajstić information content (AvgIpc) is 2.86. The van der Waals surface area contributed by atoms with Gasteiger partial charge in [-0.15, -0.1) is 0 Å². The molecule has 1 fully saturated rings. The molecule has 0 unspecified atom stereocenters. The van der Waals surface area contributed by atoms with E-state index in [1.165, 1.54) is 10.6 Å². The predicted octanol–water partition coefficient (Wildman–Crippen LogP) is -0.0447. The van der Waals surface area contributed by atoms with Crippen molar-refractivity contribution in [1.82, 2.24) is 14.3 Å². The lowest BCUT2D eigenvalue weighted by atomic mass is 10.3. The number of rotatable bonds is 4. The van der Waals surface area contributed by atoms with Gasteiger partial charge in [0.1, 0.15) is 0 Å². The van der Waals surface area contributed by atoms with Crippen molar-refractivity contribution < 1.29 is 13.2 Å². The van der Waals surface area contributed by atoms with E-state index in [9.17, 15) is 8.42 Å². The van der Waals surface area contributed by atoms with Crippen LogP contribution >= 0.6 is 0 Å². The SMILES string of the molecule is COc1nccnc1N1CC[C@@H](N(C)S(C)(=O)=O)C1. The van der Waals surface area contributed by atoms with Crippen LogP contribution in [-0.4, -0.2) is 62.2 Å². The summed E-state index contributed by atoms with van der Waals surface area (Å²) in [6.45, 7) is 1.33. The monoisotopic (exact) mass is 286 g/mol. The molecule has 106 valence electrons. The van der Waals surface area contributed by atoms with Gasteiger partial charge < -0.3 is 9.64 Å². The second kappa shape index (κ2) is 5.30. The first-order chi connectivity index (χ1) is 8.93. The highest BCUT2D eigenvalue weighted by molar-refractivity contribution is 7.88. The Kier molecular flexibility index (Phi) is 3.91. The summed E-state index contributed by atoms with van der Waals surface area (Å²) in [7, 11) is -0.0143. The molecule has 1 aliphatic rings. The highest BCUT2D eigenvalue weighted by Gasteiger charge is 2.32. The predicted molar refractivity (Wildman–Crippen MR) is 71.8 cm³/mol. The van der Waals surface area contributed by atoms with Gasteiger partial charge >= 0.3 is 0 Å². The molecule has 8 heteroatoms. The van der Waals surface area contributed by atoms with Crippen molar-refractivity contribution in [2.45, 2.75) is 12.5 Å². The van der Waals surface area contributed by atoms with Crippen LogP contribution in [0, 0.1) is 0 Å². The molecule has 1 aromatic rings. The van der Waals surface area contributed by atoms with Crippen molar-refractivity contribution in [3.05, 3.63) is 12.4 Å². The van der Waals surface area contributed by atoms with E-state index in [2.05, 4.69) is 9.97 Å². The summed E-state index contributed by atoms with van der Waals surface area (Å²) in [5, 5.41) is 0. The minimum atomic E-state index is -3.17. The van der Waals surface area contributed by atoms with Crippen LogP contribution in [0.4, 0.5) is 5.82 Å². The first kappa shape index (κ1) is 14.0. The summed E-state index contributed by atoms with van der Waals surface area (Å²) in [6, 6.07) is -0.0401. The van der Waals surface area contributed by atoms with Crippen LogP contribution in [0.1, 0.15) is 6.42 Å². The summed E-state index contributed by atoms with van der Waals surface area (Å²) in [4.78, 5) is 10.4. The third-order valence-corrected chi connectivity index (χ3v) is 4.68. The lowest BCUT2D eigenvalue weighted by Gasteiger charge is -2.23. The molecule has 19 heavy (non-hydrogen) atoms. The number of hydrogen-bond donors (Lipinski definition) is 0. The zero-order chi connectivity index (χ0) is 14.0. The molecule has 0 bridgehead atoms. The molecule has 0 N–H and O–H groups in total. The maximum absolute atomic E-state index is 11.5. The Hall–Kier alpha value is -1.41. The fourth-order valence-corrected chi connectivity index (χ4v) is 2.89. The van der Waals surface area contributed by atoms with Crippen LogP contribution in [0.2, 0.25) is 0 Å². The molecule has 0 spiro atoms. The van der Waals surface area contributed by atoms with Crippen molar-refractivity contribution in [2.24, 2.45) is 0 Å². The van der Waals surface area contributed by atoms with Gasteiger partial charge in [-0.3, -0.25) is 0 Å². The van der Waals surface area contributed by atoms with Crippen molar-refractivity contribution in [1.29, 1.82) is 0 Å². The number of anilines is 1. The molecule has 1 aliphatic heterocycles. The Balaban J connectivity index is 2.14. The highest BCUT2D eigenvalue weighted by atomic mass is 32.2. The standard InChI is InChI=1S/C11H18N4O3S/c1-14(19(3,16)17)9-4-7-15(8-9)10-11(18-2)13-6-5-12-10/h5-6,9H,4,7-8H2,1-3H3/t9-/m1/s1. The van der Waals surface area contributed by atoms with Gasteiger partial charge in [0, 0.05) is 38.6 Å². The molecule has 1 aromatic heterocycles. The molecule has 0 radical (unpaired) electrons. The molecule has 0 aliphatic carbocycles. The highest BCUT2D eigenvalue weighted by Crippen LogP contribution is 2.27. The molecule has 0 saturated carbocycles. The van der Waals surface area contributed by atoms with Crippen LogP contribution in [0.3, 0.4) is 0 Å². The van der Waals surface area contributed by atoms with E-state index in [0.29, 0.717) is 18.2 Å². The van der Waals surface area contributed by atoms with Gasteiger partial charge in [-0.2, -0.15) is 0 Å². The van der Waals surface area contributed by atoms with E-state index in [1.807, 2.05) is 4.90 Å². The molecule has 2 rings (SSSR count). The smallest absolute Gasteiger partial charge is 0.257 e. The third-order valence-electron chi connectivity index (χ3n) is 3.34. The van der Waals surface area contributed by atoms with Gasteiger partial charge in [-0.1, -0.05) is 0 Å². The number of hydrogen-bond acceptors (Lipinski definition) is 6. The summed E-state index contributed by atoms with van der Waals surface area (Å²) >= 11 is 0. The normalized spacial score (nSPS) is 20.0. The summed E-state index contributed by atoms with van der Waals surface area (Å²) in [5.41, 5.74) is 0. The first-order valence-electron chi connectivity index (χ1n) is 5.96. The van der Waals surface area contributed by atoms with Crippen molar-refractivity contribution in [3.63, 3.8) is 0 Å². The van der Waals surface area contributed by atoms with E-state index < -0.39 is 10.0 Å². The van der Waals surface area contributed by atoms with E-state index in [0.717, 1.165) is 13.0 Å². The Bertz CT molecular complexity index is 549. The van der Waals surface area contributed by atoms with E-state index in [4.69, 9.17) is 4.74 Å². The Labute approximate surface area is 113 Å². The van der Waals surface area contributed by atoms with Crippen molar-refractivity contribution in [3.8, 4) is 5.88 Å². The Morgan fingerprint density at radius 2 is 2.11 bits per heavy atom. The maximum atomic E-state index is 11.5. The van der Waals surface area contributed by atoms with Crippen LogP contribution in [0.25, 0.3) is 0 Å². The van der Waals surface area contributed by atoms with Gasteiger partial charge in [0.15, 0.2) is 5.82 Å². The fourth-order valence-electron chi connectivity index (χ4n) is 2.18. The lowest BCUT2D eigenvalue weighted by Crippen LogP contribution is -2.38.